The van der Waals surface area contributed by atoms with Crippen molar-refractivity contribution in [3.05, 3.63) is 59.4 Å². The van der Waals surface area contributed by atoms with Crippen molar-refractivity contribution in [2.75, 3.05) is 32.5 Å². The van der Waals surface area contributed by atoms with E-state index in [9.17, 15) is 0 Å². The van der Waals surface area contributed by atoms with Crippen molar-refractivity contribution in [1.82, 2.24) is 4.90 Å². The second-order valence-electron chi connectivity index (χ2n) is 7.06. The van der Waals surface area contributed by atoms with Crippen LogP contribution in [0.1, 0.15) is 36.6 Å². The fraction of sp³-hybridized carbons (Fsp3) is 0.429. The normalized spacial score (nSPS) is 12.1. The highest BCUT2D eigenvalue weighted by molar-refractivity contribution is 7.80. The fourth-order valence-corrected chi connectivity index (χ4v) is 3.39. The van der Waals surface area contributed by atoms with Crippen LogP contribution >= 0.6 is 12.2 Å². The van der Waals surface area contributed by atoms with Gasteiger partial charge in [0.1, 0.15) is 0 Å². The van der Waals surface area contributed by atoms with Gasteiger partial charge in [0.05, 0.1) is 33.2 Å². The minimum Gasteiger partial charge on any atom is -0.338 e. The third-order valence-electron chi connectivity index (χ3n) is 4.77. The number of thiocarbonyl (C=S) groups is 1. The molecule has 1 atom stereocenters. The molecule has 0 saturated heterocycles. The van der Waals surface area contributed by atoms with Crippen molar-refractivity contribution >= 4 is 23.0 Å². The van der Waals surface area contributed by atoms with Crippen molar-refractivity contribution in [2.45, 2.75) is 33.2 Å². The Morgan fingerprint density at radius 2 is 2.04 bits per heavy atom. The summed E-state index contributed by atoms with van der Waals surface area (Å²) in [6, 6.07) is 10.8. The largest absolute Gasteiger partial charge is 0.338 e. The minimum atomic E-state index is 0.195. The van der Waals surface area contributed by atoms with Gasteiger partial charge >= 0.3 is 0 Å². The number of hydrogen-bond acceptors (Lipinski definition) is 1. The number of aromatic amines is 1. The van der Waals surface area contributed by atoms with Crippen molar-refractivity contribution in [3.8, 4) is 0 Å². The van der Waals surface area contributed by atoms with E-state index in [2.05, 4.69) is 74.3 Å². The van der Waals surface area contributed by atoms with Gasteiger partial charge in [0, 0.05) is 17.3 Å². The van der Waals surface area contributed by atoms with E-state index < -0.39 is 0 Å². The molecule has 0 spiro atoms. The topological polar surface area (TPSA) is 33.9 Å². The Morgan fingerprint density at radius 3 is 2.65 bits per heavy atom. The van der Waals surface area contributed by atoms with Crippen LogP contribution in [0, 0.1) is 6.92 Å². The molecule has 0 aliphatic carbocycles. The molecule has 26 heavy (non-hydrogen) atoms. The fourth-order valence-electron chi connectivity index (χ4n) is 3.04. The van der Waals surface area contributed by atoms with E-state index in [0.29, 0.717) is 0 Å². The first-order chi connectivity index (χ1) is 12.4. The maximum atomic E-state index is 5.85. The molecule has 3 N–H and O–H groups in total. The molecule has 0 saturated carbocycles. The lowest BCUT2D eigenvalue weighted by Gasteiger charge is -2.32. The predicted octanol–water partition coefficient (Wildman–Crippen LogP) is 2.28. The van der Waals surface area contributed by atoms with E-state index in [-0.39, 0.29) is 6.04 Å². The van der Waals surface area contributed by atoms with E-state index in [1.165, 1.54) is 21.6 Å². The van der Waals surface area contributed by atoms with Gasteiger partial charge in [-0.1, -0.05) is 25.1 Å². The minimum absolute atomic E-state index is 0.195. The van der Waals surface area contributed by atoms with Crippen molar-refractivity contribution in [3.63, 3.8) is 0 Å². The summed E-state index contributed by atoms with van der Waals surface area (Å²) >= 11 is 5.85. The molecule has 0 amide bonds. The Hall–Kier alpha value is -1.98. The molecule has 1 aromatic heterocycles. The number of rotatable bonds is 7. The molecule has 1 unspecified atom stereocenters. The molecule has 0 aliphatic heterocycles. The van der Waals surface area contributed by atoms with Crippen LogP contribution in [0.5, 0.6) is 0 Å². The number of pyridine rings is 1. The predicted molar refractivity (Wildman–Crippen MR) is 113 cm³/mol. The summed E-state index contributed by atoms with van der Waals surface area (Å²) in [5.74, 6) is 0. The number of nitrogens with one attached hydrogen (secondary N) is 3. The van der Waals surface area contributed by atoms with Gasteiger partial charge in [0.25, 0.3) is 0 Å². The summed E-state index contributed by atoms with van der Waals surface area (Å²) in [7, 11) is 4.35. The third kappa shape index (κ3) is 5.26. The van der Waals surface area contributed by atoms with E-state index in [1.807, 2.05) is 18.5 Å². The average Bonchev–Trinajstić information content (AvgIpc) is 2.63. The molecular weight excluding hydrogens is 340 g/mol. The van der Waals surface area contributed by atoms with Crippen LogP contribution in [-0.2, 0) is 6.42 Å². The standard InChI is InChI=1S/C21H30N4S/c1-6-18-10-7-9-16(2)20(18)23-21(26)25(14-13-24(4)5)17(3)19-11-8-12-22-15-19/h7-12,15,17H,6,13-14H2,1-5H3,(H,23,26)/p+2. The summed E-state index contributed by atoms with van der Waals surface area (Å²) in [5, 5.41) is 4.33. The molecule has 0 fully saturated rings. The van der Waals surface area contributed by atoms with Gasteiger partial charge in [-0.05, 0) is 49.7 Å². The van der Waals surface area contributed by atoms with Crippen LogP contribution in [0.15, 0.2) is 42.7 Å². The second kappa shape index (κ2) is 9.64. The summed E-state index contributed by atoms with van der Waals surface area (Å²) in [5.41, 5.74) is 4.90. The number of nitrogens with zero attached hydrogens (tertiary/aromatic N) is 1. The van der Waals surface area contributed by atoms with Crippen molar-refractivity contribution in [2.24, 2.45) is 0 Å². The lowest BCUT2D eigenvalue weighted by Crippen LogP contribution is -3.06. The monoisotopic (exact) mass is 372 g/mol. The van der Waals surface area contributed by atoms with Crippen LogP contribution in [-0.4, -0.2) is 37.2 Å². The van der Waals surface area contributed by atoms with Gasteiger partial charge in [-0.3, -0.25) is 0 Å². The molecule has 4 nitrogen and oxygen atoms in total. The van der Waals surface area contributed by atoms with E-state index in [0.717, 1.165) is 30.3 Å². The van der Waals surface area contributed by atoms with Gasteiger partial charge in [0.2, 0.25) is 0 Å². The zero-order chi connectivity index (χ0) is 19.1. The number of aromatic nitrogens is 1. The molecule has 0 aliphatic rings. The van der Waals surface area contributed by atoms with Crippen molar-refractivity contribution < 1.29 is 9.88 Å². The Balaban J connectivity index is 2.26. The Kier molecular flexibility index (Phi) is 7.54. The van der Waals surface area contributed by atoms with Crippen LogP contribution in [0.2, 0.25) is 0 Å². The number of para-hydroxylation sites is 1. The molecule has 140 valence electrons. The number of anilines is 1. The number of likely N-dealkylation sites (N-methyl/N-ethyl adjacent to an activating group) is 1. The van der Waals surface area contributed by atoms with Crippen LogP contribution in [0.4, 0.5) is 5.69 Å². The lowest BCUT2D eigenvalue weighted by molar-refractivity contribution is -0.857. The first-order valence-electron chi connectivity index (χ1n) is 9.35. The quantitative estimate of drug-likeness (QED) is 0.732. The second-order valence-corrected chi connectivity index (χ2v) is 7.44. The molecule has 1 aromatic carbocycles. The van der Waals surface area contributed by atoms with Crippen LogP contribution in [0.3, 0.4) is 0 Å². The number of quaternary nitrogens is 1. The smallest absolute Gasteiger partial charge is 0.174 e. The molecule has 0 bridgehead atoms. The summed E-state index contributed by atoms with van der Waals surface area (Å²) in [6.45, 7) is 8.45. The first kappa shape index (κ1) is 20.3. The maximum absolute atomic E-state index is 5.85. The van der Waals surface area contributed by atoms with Crippen LogP contribution < -0.4 is 15.2 Å². The molecular formula is C21H32N4S+2. The maximum Gasteiger partial charge on any atom is 0.174 e. The SMILES string of the molecule is CCc1cccc(C)c1NC(=S)N(CC[NH+](C)C)C(C)c1ccc[nH+]c1. The lowest BCUT2D eigenvalue weighted by atomic mass is 10.1. The molecule has 1 heterocycles. The molecule has 5 heteroatoms. The Bertz CT molecular complexity index is 715. The first-order valence-corrected chi connectivity index (χ1v) is 9.76. The number of benzene rings is 1. The highest BCUT2D eigenvalue weighted by atomic mass is 32.1. The third-order valence-corrected chi connectivity index (χ3v) is 5.10. The zero-order valence-corrected chi connectivity index (χ0v) is 17.4. The average molecular weight is 373 g/mol. The molecule has 2 rings (SSSR count). The van der Waals surface area contributed by atoms with Gasteiger partial charge in [-0.15, -0.1) is 0 Å². The molecule has 2 aromatic rings. The van der Waals surface area contributed by atoms with Crippen molar-refractivity contribution in [1.29, 1.82) is 0 Å². The number of hydrogen-bond donors (Lipinski definition) is 2. The summed E-state index contributed by atoms with van der Waals surface area (Å²) < 4.78 is 0. The van der Waals surface area contributed by atoms with Crippen LogP contribution in [0.25, 0.3) is 0 Å². The van der Waals surface area contributed by atoms with Gasteiger partial charge in [0.15, 0.2) is 17.5 Å². The summed E-state index contributed by atoms with van der Waals surface area (Å²) in [6.07, 6.45) is 4.97. The van der Waals surface area contributed by atoms with E-state index in [4.69, 9.17) is 12.2 Å². The highest BCUT2D eigenvalue weighted by Crippen LogP contribution is 2.24. The van der Waals surface area contributed by atoms with Gasteiger partial charge < -0.3 is 15.1 Å². The molecule has 0 radical (unpaired) electrons. The zero-order valence-electron chi connectivity index (χ0n) is 16.6. The van der Waals surface area contributed by atoms with E-state index in [1.54, 1.807) is 0 Å². The number of H-pyrrole nitrogens is 1. The Morgan fingerprint density at radius 1 is 1.27 bits per heavy atom. The van der Waals surface area contributed by atoms with Gasteiger partial charge in [-0.2, -0.15) is 0 Å². The Labute approximate surface area is 163 Å². The van der Waals surface area contributed by atoms with E-state index >= 15 is 0 Å². The summed E-state index contributed by atoms with van der Waals surface area (Å²) in [4.78, 5) is 6.88. The number of aryl methyl sites for hydroxylation is 2. The highest BCUT2D eigenvalue weighted by Gasteiger charge is 2.22. The van der Waals surface area contributed by atoms with Gasteiger partial charge in [-0.25, -0.2) is 4.98 Å².